The Labute approximate surface area is 128 Å². The summed E-state index contributed by atoms with van der Waals surface area (Å²) in [6, 6.07) is 9.44. The van der Waals surface area contributed by atoms with Crippen molar-refractivity contribution in [3.63, 3.8) is 0 Å². The van der Waals surface area contributed by atoms with Gasteiger partial charge in [0.2, 0.25) is 0 Å². The molecule has 0 bridgehead atoms. The van der Waals surface area contributed by atoms with Crippen LogP contribution in [0.1, 0.15) is 43.7 Å². The monoisotopic (exact) mass is 288 g/mol. The summed E-state index contributed by atoms with van der Waals surface area (Å²) in [5.74, 6) is 0.689. The molecule has 0 radical (unpaired) electrons. The topological polar surface area (TPSA) is 24.5 Å². The predicted molar refractivity (Wildman–Crippen MR) is 87.8 cm³/mol. The van der Waals surface area contributed by atoms with Gasteiger partial charge in [-0.3, -0.25) is 0 Å². The molecule has 1 spiro atoms. The third kappa shape index (κ3) is 2.95. The SMILES string of the molecule is CNC(c1ccc(N(C)C)cc1)C1CCOC2(CCC2)C1. The normalized spacial score (nSPS) is 25.4. The molecule has 3 heteroatoms. The van der Waals surface area contributed by atoms with E-state index in [2.05, 4.69) is 55.6 Å². The quantitative estimate of drug-likeness (QED) is 0.919. The molecule has 1 aliphatic carbocycles. The van der Waals surface area contributed by atoms with Crippen LogP contribution in [0.5, 0.6) is 0 Å². The molecule has 3 rings (SSSR count). The molecule has 0 aromatic heterocycles. The molecule has 1 aromatic rings. The highest BCUT2D eigenvalue weighted by Gasteiger charge is 2.44. The highest BCUT2D eigenvalue weighted by Crippen LogP contribution is 2.47. The minimum absolute atomic E-state index is 0.224. The van der Waals surface area contributed by atoms with E-state index in [1.165, 1.54) is 43.4 Å². The van der Waals surface area contributed by atoms with E-state index in [0.717, 1.165) is 6.61 Å². The van der Waals surface area contributed by atoms with Crippen molar-refractivity contribution in [2.45, 2.75) is 43.7 Å². The fraction of sp³-hybridized carbons (Fsp3) is 0.667. The molecule has 1 aliphatic heterocycles. The van der Waals surface area contributed by atoms with Gasteiger partial charge in [-0.15, -0.1) is 0 Å². The predicted octanol–water partition coefficient (Wildman–Crippen LogP) is 3.36. The number of rotatable bonds is 4. The minimum Gasteiger partial charge on any atom is -0.378 e. The van der Waals surface area contributed by atoms with Gasteiger partial charge in [-0.25, -0.2) is 0 Å². The van der Waals surface area contributed by atoms with Gasteiger partial charge in [-0.05, 0) is 62.8 Å². The molecule has 2 atom stereocenters. The summed E-state index contributed by atoms with van der Waals surface area (Å²) in [4.78, 5) is 2.15. The van der Waals surface area contributed by atoms with E-state index in [9.17, 15) is 0 Å². The first kappa shape index (κ1) is 14.9. The largest absolute Gasteiger partial charge is 0.378 e. The van der Waals surface area contributed by atoms with Crippen LogP contribution in [0.3, 0.4) is 0 Å². The standard InChI is InChI=1S/C18H28N2O/c1-19-17(14-5-7-16(8-6-14)20(2)3)15-9-12-21-18(13-15)10-4-11-18/h5-8,15,17,19H,4,9-13H2,1-3H3. The number of benzene rings is 1. The number of anilines is 1. The summed E-state index contributed by atoms with van der Waals surface area (Å²) in [5.41, 5.74) is 2.89. The Morgan fingerprint density at radius 3 is 2.48 bits per heavy atom. The van der Waals surface area contributed by atoms with E-state index in [0.29, 0.717) is 12.0 Å². The first-order valence-electron chi connectivity index (χ1n) is 8.22. The minimum atomic E-state index is 0.224. The Bertz CT molecular complexity index is 465. The van der Waals surface area contributed by atoms with Gasteiger partial charge in [0.05, 0.1) is 5.60 Å². The zero-order chi connectivity index (χ0) is 14.9. The molecule has 21 heavy (non-hydrogen) atoms. The summed E-state index contributed by atoms with van der Waals surface area (Å²) in [7, 11) is 6.26. The third-order valence-corrected chi connectivity index (χ3v) is 5.35. The Morgan fingerprint density at radius 1 is 1.24 bits per heavy atom. The molecule has 2 fully saturated rings. The van der Waals surface area contributed by atoms with Crippen LogP contribution in [-0.4, -0.2) is 33.4 Å². The average molecular weight is 288 g/mol. The van der Waals surface area contributed by atoms with Crippen molar-refractivity contribution in [2.75, 3.05) is 32.6 Å². The first-order valence-corrected chi connectivity index (χ1v) is 8.22. The fourth-order valence-electron chi connectivity index (χ4n) is 3.92. The van der Waals surface area contributed by atoms with Gasteiger partial charge < -0.3 is 15.0 Å². The van der Waals surface area contributed by atoms with E-state index < -0.39 is 0 Å². The molecule has 1 aromatic carbocycles. The van der Waals surface area contributed by atoms with Crippen LogP contribution in [0.15, 0.2) is 24.3 Å². The van der Waals surface area contributed by atoms with Crippen molar-refractivity contribution >= 4 is 5.69 Å². The Hall–Kier alpha value is -1.06. The molecule has 3 nitrogen and oxygen atoms in total. The van der Waals surface area contributed by atoms with Crippen LogP contribution in [0.2, 0.25) is 0 Å². The molecule has 1 heterocycles. The van der Waals surface area contributed by atoms with Crippen molar-refractivity contribution in [2.24, 2.45) is 5.92 Å². The summed E-state index contributed by atoms with van der Waals surface area (Å²) in [6.07, 6.45) is 6.25. The number of nitrogens with one attached hydrogen (secondary N) is 1. The molecule has 2 aliphatic rings. The van der Waals surface area contributed by atoms with E-state index in [1.54, 1.807) is 0 Å². The lowest BCUT2D eigenvalue weighted by molar-refractivity contribution is -0.147. The van der Waals surface area contributed by atoms with Gasteiger partial charge in [0, 0.05) is 32.4 Å². The second kappa shape index (κ2) is 5.98. The lowest BCUT2D eigenvalue weighted by atomic mass is 9.69. The van der Waals surface area contributed by atoms with Gasteiger partial charge in [-0.2, -0.15) is 0 Å². The highest BCUT2D eigenvalue weighted by molar-refractivity contribution is 5.46. The van der Waals surface area contributed by atoms with Crippen molar-refractivity contribution < 1.29 is 4.74 Å². The van der Waals surface area contributed by atoms with Gasteiger partial charge in [-0.1, -0.05) is 12.1 Å². The van der Waals surface area contributed by atoms with Crippen LogP contribution in [0.25, 0.3) is 0 Å². The van der Waals surface area contributed by atoms with E-state index in [1.807, 2.05) is 0 Å². The Morgan fingerprint density at radius 2 is 1.95 bits per heavy atom. The van der Waals surface area contributed by atoms with Crippen LogP contribution >= 0.6 is 0 Å². The van der Waals surface area contributed by atoms with Crippen LogP contribution in [0.4, 0.5) is 5.69 Å². The van der Waals surface area contributed by atoms with Crippen molar-refractivity contribution in [1.82, 2.24) is 5.32 Å². The van der Waals surface area contributed by atoms with Crippen molar-refractivity contribution in [1.29, 1.82) is 0 Å². The summed E-state index contributed by atoms with van der Waals surface area (Å²) in [5, 5.41) is 3.55. The molecular weight excluding hydrogens is 260 g/mol. The molecular formula is C18H28N2O. The highest BCUT2D eigenvalue weighted by atomic mass is 16.5. The molecule has 0 amide bonds. The number of ether oxygens (including phenoxy) is 1. The third-order valence-electron chi connectivity index (χ3n) is 5.35. The maximum Gasteiger partial charge on any atom is 0.0686 e. The zero-order valence-electron chi connectivity index (χ0n) is 13.6. The van der Waals surface area contributed by atoms with E-state index >= 15 is 0 Å². The average Bonchev–Trinajstić information content (AvgIpc) is 2.47. The molecule has 116 valence electrons. The number of nitrogens with zero attached hydrogens (tertiary/aromatic N) is 1. The maximum atomic E-state index is 6.08. The maximum absolute atomic E-state index is 6.08. The number of hydrogen-bond acceptors (Lipinski definition) is 3. The fourth-order valence-corrected chi connectivity index (χ4v) is 3.92. The van der Waals surface area contributed by atoms with Gasteiger partial charge >= 0.3 is 0 Å². The molecule has 1 N–H and O–H groups in total. The van der Waals surface area contributed by atoms with Gasteiger partial charge in [0.15, 0.2) is 0 Å². The molecule has 2 unspecified atom stereocenters. The summed E-state index contributed by atoms with van der Waals surface area (Å²) < 4.78 is 6.08. The molecule has 1 saturated carbocycles. The van der Waals surface area contributed by atoms with Gasteiger partial charge in [0.25, 0.3) is 0 Å². The van der Waals surface area contributed by atoms with Crippen LogP contribution in [-0.2, 0) is 4.74 Å². The second-order valence-electron chi connectivity index (χ2n) is 6.89. The van der Waals surface area contributed by atoms with Gasteiger partial charge in [0.1, 0.15) is 0 Å². The smallest absolute Gasteiger partial charge is 0.0686 e. The van der Waals surface area contributed by atoms with Crippen molar-refractivity contribution in [3.8, 4) is 0 Å². The van der Waals surface area contributed by atoms with Crippen molar-refractivity contribution in [3.05, 3.63) is 29.8 Å². The lowest BCUT2D eigenvalue weighted by Crippen LogP contribution is -2.47. The first-order chi connectivity index (χ1) is 10.1. The Balaban J connectivity index is 1.74. The summed E-state index contributed by atoms with van der Waals surface area (Å²) >= 11 is 0. The number of hydrogen-bond donors (Lipinski definition) is 1. The van der Waals surface area contributed by atoms with Crippen LogP contribution < -0.4 is 10.2 Å². The van der Waals surface area contributed by atoms with Crippen LogP contribution in [0, 0.1) is 5.92 Å². The summed E-state index contributed by atoms with van der Waals surface area (Å²) in [6.45, 7) is 0.929. The molecule has 1 saturated heterocycles. The second-order valence-corrected chi connectivity index (χ2v) is 6.89. The van der Waals surface area contributed by atoms with E-state index in [4.69, 9.17) is 4.74 Å². The van der Waals surface area contributed by atoms with E-state index in [-0.39, 0.29) is 5.60 Å². The lowest BCUT2D eigenvalue weighted by Gasteiger charge is -2.48. The Kier molecular flexibility index (Phi) is 4.23. The zero-order valence-corrected chi connectivity index (χ0v) is 13.6.